The molecule has 0 N–H and O–H groups in total. The van der Waals surface area contributed by atoms with Crippen LogP contribution < -0.4 is 9.64 Å². The molecule has 0 radical (unpaired) electrons. The second-order valence-corrected chi connectivity index (χ2v) is 5.52. The van der Waals surface area contributed by atoms with Crippen molar-refractivity contribution in [1.82, 2.24) is 9.97 Å². The van der Waals surface area contributed by atoms with Crippen molar-refractivity contribution in [2.24, 2.45) is 0 Å². The molecule has 4 rings (SSSR count). The zero-order valence-electron chi connectivity index (χ0n) is 12.2. The number of para-hydroxylation sites is 1. The third kappa shape index (κ3) is 2.60. The molecule has 0 aliphatic carbocycles. The maximum absolute atomic E-state index is 6.07. The number of rotatable bonds is 3. The minimum absolute atomic E-state index is 0.182. The van der Waals surface area contributed by atoms with E-state index in [1.807, 2.05) is 48.8 Å². The Morgan fingerprint density at radius 2 is 1.86 bits per heavy atom. The first-order chi connectivity index (χ1) is 10.9. The molecule has 3 heterocycles. The van der Waals surface area contributed by atoms with Gasteiger partial charge in [0.15, 0.2) is 0 Å². The molecule has 22 heavy (non-hydrogen) atoms. The van der Waals surface area contributed by atoms with Crippen molar-refractivity contribution >= 4 is 16.6 Å². The number of aromatic nitrogens is 2. The molecule has 0 spiro atoms. The smallest absolute Gasteiger partial charge is 0.214 e. The van der Waals surface area contributed by atoms with Gasteiger partial charge in [-0.1, -0.05) is 18.2 Å². The van der Waals surface area contributed by atoms with E-state index >= 15 is 0 Å². The summed E-state index contributed by atoms with van der Waals surface area (Å²) in [6, 6.07) is 16.2. The molecule has 2 aromatic heterocycles. The van der Waals surface area contributed by atoms with Crippen LogP contribution in [0.2, 0.25) is 0 Å². The highest BCUT2D eigenvalue weighted by Crippen LogP contribution is 2.23. The molecule has 1 aliphatic heterocycles. The molecule has 0 unspecified atom stereocenters. The number of hydrogen-bond acceptors (Lipinski definition) is 4. The maximum Gasteiger partial charge on any atom is 0.214 e. The minimum atomic E-state index is 0.182. The lowest BCUT2D eigenvalue weighted by molar-refractivity contribution is 0.216. The predicted octanol–water partition coefficient (Wildman–Crippen LogP) is 3.29. The highest BCUT2D eigenvalue weighted by atomic mass is 16.5. The monoisotopic (exact) mass is 291 g/mol. The fourth-order valence-corrected chi connectivity index (χ4v) is 2.90. The van der Waals surface area contributed by atoms with Crippen LogP contribution >= 0.6 is 0 Å². The van der Waals surface area contributed by atoms with E-state index in [-0.39, 0.29) is 6.10 Å². The Kier molecular flexibility index (Phi) is 3.35. The van der Waals surface area contributed by atoms with Crippen LogP contribution in [-0.2, 0) is 0 Å². The molecule has 4 nitrogen and oxygen atoms in total. The number of ether oxygens (including phenoxy) is 1. The standard InChI is InChI=1S/C18H17N3O/c1-2-4-17-14(3-1)5-6-18(20-17)22-16-9-12-21(13-16)15-7-10-19-11-8-15/h1-8,10-11,16H,9,12-13H2/t16-/m1/s1. The molecule has 1 aliphatic rings. The third-order valence-electron chi connectivity index (χ3n) is 4.03. The van der Waals surface area contributed by atoms with E-state index in [1.54, 1.807) is 0 Å². The van der Waals surface area contributed by atoms with Gasteiger partial charge in [-0.2, -0.15) is 0 Å². The van der Waals surface area contributed by atoms with Crippen LogP contribution in [0.25, 0.3) is 10.9 Å². The minimum Gasteiger partial charge on any atom is -0.472 e. The van der Waals surface area contributed by atoms with Gasteiger partial charge >= 0.3 is 0 Å². The summed E-state index contributed by atoms with van der Waals surface area (Å²) in [5.74, 6) is 0.709. The van der Waals surface area contributed by atoms with E-state index in [0.29, 0.717) is 5.88 Å². The van der Waals surface area contributed by atoms with Crippen molar-refractivity contribution < 1.29 is 4.74 Å². The lowest BCUT2D eigenvalue weighted by atomic mass is 10.2. The van der Waals surface area contributed by atoms with Gasteiger partial charge in [-0.15, -0.1) is 0 Å². The van der Waals surface area contributed by atoms with E-state index in [1.165, 1.54) is 5.69 Å². The van der Waals surface area contributed by atoms with Gasteiger partial charge < -0.3 is 9.64 Å². The fraction of sp³-hybridized carbons (Fsp3) is 0.222. The van der Waals surface area contributed by atoms with Crippen molar-refractivity contribution in [3.05, 3.63) is 60.9 Å². The van der Waals surface area contributed by atoms with Gasteiger partial charge in [0.25, 0.3) is 0 Å². The second-order valence-electron chi connectivity index (χ2n) is 5.52. The van der Waals surface area contributed by atoms with Crippen LogP contribution in [0.1, 0.15) is 6.42 Å². The average Bonchev–Trinajstić information content (AvgIpc) is 3.04. The number of nitrogens with zero attached hydrogens (tertiary/aromatic N) is 3. The molecule has 1 aromatic carbocycles. The van der Waals surface area contributed by atoms with Gasteiger partial charge in [-0.05, 0) is 24.3 Å². The van der Waals surface area contributed by atoms with Crippen LogP contribution in [0.4, 0.5) is 5.69 Å². The molecule has 4 heteroatoms. The van der Waals surface area contributed by atoms with E-state index in [4.69, 9.17) is 4.74 Å². The summed E-state index contributed by atoms with van der Waals surface area (Å²) >= 11 is 0. The molecule has 0 amide bonds. The third-order valence-corrected chi connectivity index (χ3v) is 4.03. The number of fused-ring (bicyclic) bond motifs is 1. The fourth-order valence-electron chi connectivity index (χ4n) is 2.90. The van der Waals surface area contributed by atoms with Gasteiger partial charge in [0.05, 0.1) is 12.1 Å². The Bertz CT molecular complexity index is 775. The Balaban J connectivity index is 1.47. The van der Waals surface area contributed by atoms with Crippen molar-refractivity contribution in [2.75, 3.05) is 18.0 Å². The Morgan fingerprint density at radius 3 is 2.77 bits per heavy atom. The summed E-state index contributed by atoms with van der Waals surface area (Å²) in [6.45, 7) is 1.89. The van der Waals surface area contributed by atoms with Crippen LogP contribution in [0.15, 0.2) is 60.9 Å². The summed E-state index contributed by atoms with van der Waals surface area (Å²) in [4.78, 5) is 11.0. The molecule has 0 saturated carbocycles. The van der Waals surface area contributed by atoms with Crippen molar-refractivity contribution in [3.63, 3.8) is 0 Å². The van der Waals surface area contributed by atoms with Gasteiger partial charge in [-0.3, -0.25) is 4.98 Å². The number of pyridine rings is 2. The zero-order chi connectivity index (χ0) is 14.8. The summed E-state index contributed by atoms with van der Waals surface area (Å²) < 4.78 is 6.07. The maximum atomic E-state index is 6.07. The van der Waals surface area contributed by atoms with Gasteiger partial charge in [-0.25, -0.2) is 4.98 Å². The van der Waals surface area contributed by atoms with E-state index in [0.717, 1.165) is 30.4 Å². The first-order valence-corrected chi connectivity index (χ1v) is 7.56. The Morgan fingerprint density at radius 1 is 1.00 bits per heavy atom. The van der Waals surface area contributed by atoms with Gasteiger partial charge in [0.1, 0.15) is 6.10 Å². The van der Waals surface area contributed by atoms with Crippen molar-refractivity contribution in [3.8, 4) is 5.88 Å². The molecule has 0 bridgehead atoms. The van der Waals surface area contributed by atoms with Gasteiger partial charge in [0.2, 0.25) is 5.88 Å². The average molecular weight is 291 g/mol. The molecule has 1 atom stereocenters. The molecule has 110 valence electrons. The largest absolute Gasteiger partial charge is 0.472 e. The van der Waals surface area contributed by atoms with Crippen molar-refractivity contribution in [2.45, 2.75) is 12.5 Å². The van der Waals surface area contributed by atoms with E-state index in [2.05, 4.69) is 27.0 Å². The van der Waals surface area contributed by atoms with E-state index in [9.17, 15) is 0 Å². The van der Waals surface area contributed by atoms with Crippen LogP contribution in [-0.4, -0.2) is 29.2 Å². The topological polar surface area (TPSA) is 38.2 Å². The summed E-state index contributed by atoms with van der Waals surface area (Å²) in [5, 5.41) is 1.14. The molecule has 1 fully saturated rings. The normalized spacial score (nSPS) is 17.8. The van der Waals surface area contributed by atoms with Crippen LogP contribution in [0, 0.1) is 0 Å². The summed E-state index contributed by atoms with van der Waals surface area (Å²) in [5.41, 5.74) is 2.18. The Hall–Kier alpha value is -2.62. The number of anilines is 1. The Labute approximate surface area is 129 Å². The molecule has 3 aromatic rings. The first kappa shape index (κ1) is 13.1. The highest BCUT2D eigenvalue weighted by Gasteiger charge is 2.24. The first-order valence-electron chi connectivity index (χ1n) is 7.56. The number of benzene rings is 1. The quantitative estimate of drug-likeness (QED) is 0.742. The SMILES string of the molecule is c1ccc2nc(O[C@@H]3CCN(c4ccncc4)C3)ccc2c1. The lowest BCUT2D eigenvalue weighted by Gasteiger charge is -2.18. The summed E-state index contributed by atoms with van der Waals surface area (Å²) in [7, 11) is 0. The molecular formula is C18H17N3O. The highest BCUT2D eigenvalue weighted by molar-refractivity contribution is 5.78. The lowest BCUT2D eigenvalue weighted by Crippen LogP contribution is -2.24. The molecule has 1 saturated heterocycles. The van der Waals surface area contributed by atoms with Gasteiger partial charge in [0, 0.05) is 42.5 Å². The second kappa shape index (κ2) is 5.64. The van der Waals surface area contributed by atoms with Crippen molar-refractivity contribution in [1.29, 1.82) is 0 Å². The predicted molar refractivity (Wildman–Crippen MR) is 87.2 cm³/mol. The van der Waals surface area contributed by atoms with Crippen LogP contribution in [0.5, 0.6) is 5.88 Å². The number of hydrogen-bond donors (Lipinski definition) is 0. The van der Waals surface area contributed by atoms with Crippen LogP contribution in [0.3, 0.4) is 0 Å². The molecular weight excluding hydrogens is 274 g/mol. The zero-order valence-corrected chi connectivity index (χ0v) is 12.2. The summed E-state index contributed by atoms with van der Waals surface area (Å²) in [6.07, 6.45) is 4.85. The van der Waals surface area contributed by atoms with E-state index < -0.39 is 0 Å².